The van der Waals surface area contributed by atoms with Gasteiger partial charge in [0.15, 0.2) is 0 Å². The van der Waals surface area contributed by atoms with Crippen LogP contribution in [0.1, 0.15) is 12.5 Å². The normalized spacial score (nSPS) is 12.3. The van der Waals surface area contributed by atoms with Gasteiger partial charge in [0.25, 0.3) is 0 Å². The molecule has 20 heavy (non-hydrogen) atoms. The van der Waals surface area contributed by atoms with E-state index in [1.807, 2.05) is 23.9 Å². The minimum atomic E-state index is 0.435. The summed E-state index contributed by atoms with van der Waals surface area (Å²) in [5, 5.41) is 4.41. The number of hydrogen-bond donors (Lipinski definition) is 1. The quantitative estimate of drug-likeness (QED) is 0.747. The van der Waals surface area contributed by atoms with Crippen molar-refractivity contribution in [1.82, 2.24) is 5.32 Å². The van der Waals surface area contributed by atoms with Crippen LogP contribution in [0.15, 0.2) is 59.5 Å². The lowest BCUT2D eigenvalue weighted by Gasteiger charge is -2.18. The first-order valence-electron chi connectivity index (χ1n) is 6.94. The van der Waals surface area contributed by atoms with Gasteiger partial charge < -0.3 is 5.32 Å². The number of halogens is 1. The van der Waals surface area contributed by atoms with Crippen molar-refractivity contribution < 1.29 is 0 Å². The molecule has 0 amide bonds. The highest BCUT2D eigenvalue weighted by atomic mass is 35.5. The third-order valence-electron chi connectivity index (χ3n) is 3.11. The van der Waals surface area contributed by atoms with Crippen LogP contribution in [-0.2, 0) is 6.42 Å². The van der Waals surface area contributed by atoms with E-state index in [4.69, 9.17) is 11.6 Å². The Labute approximate surface area is 130 Å². The fourth-order valence-corrected chi connectivity index (χ4v) is 3.31. The van der Waals surface area contributed by atoms with E-state index in [2.05, 4.69) is 54.7 Å². The molecule has 3 heteroatoms. The molecule has 0 bridgehead atoms. The third kappa shape index (κ3) is 4.86. The van der Waals surface area contributed by atoms with Crippen LogP contribution in [-0.4, -0.2) is 18.3 Å². The molecule has 0 saturated carbocycles. The lowest BCUT2D eigenvalue weighted by Crippen LogP contribution is -2.33. The third-order valence-corrected chi connectivity index (χ3v) is 4.65. The Morgan fingerprint density at radius 1 is 1.05 bits per heavy atom. The first-order valence-corrected chi connectivity index (χ1v) is 8.30. The van der Waals surface area contributed by atoms with Crippen LogP contribution in [0.25, 0.3) is 0 Å². The predicted molar refractivity (Wildman–Crippen MR) is 89.8 cm³/mol. The summed E-state index contributed by atoms with van der Waals surface area (Å²) in [6.45, 7) is 3.12. The van der Waals surface area contributed by atoms with Gasteiger partial charge in [-0.3, -0.25) is 0 Å². The molecule has 0 heterocycles. The summed E-state index contributed by atoms with van der Waals surface area (Å²) in [5.41, 5.74) is 1.22. The lowest BCUT2D eigenvalue weighted by atomic mass is 10.1. The van der Waals surface area contributed by atoms with Crippen LogP contribution in [0, 0.1) is 0 Å². The molecule has 0 aliphatic heterocycles. The van der Waals surface area contributed by atoms with Crippen molar-refractivity contribution in [1.29, 1.82) is 0 Å². The Kier molecular flexibility index (Phi) is 6.44. The monoisotopic (exact) mass is 305 g/mol. The van der Waals surface area contributed by atoms with E-state index in [0.717, 1.165) is 23.7 Å². The maximum absolute atomic E-state index is 6.25. The molecule has 1 atom stereocenters. The van der Waals surface area contributed by atoms with E-state index < -0.39 is 0 Å². The van der Waals surface area contributed by atoms with E-state index in [9.17, 15) is 0 Å². The van der Waals surface area contributed by atoms with Crippen LogP contribution in [0.4, 0.5) is 0 Å². The Morgan fingerprint density at radius 2 is 1.75 bits per heavy atom. The zero-order chi connectivity index (χ0) is 14.2. The van der Waals surface area contributed by atoms with E-state index in [1.165, 1.54) is 10.5 Å². The fourth-order valence-electron chi connectivity index (χ4n) is 2.12. The Morgan fingerprint density at radius 3 is 2.45 bits per heavy atom. The highest BCUT2D eigenvalue weighted by Gasteiger charge is 2.11. The van der Waals surface area contributed by atoms with Gasteiger partial charge in [-0.2, -0.15) is 0 Å². The van der Waals surface area contributed by atoms with Gasteiger partial charge in [-0.1, -0.05) is 54.9 Å². The number of benzene rings is 2. The Hall–Kier alpha value is -0.960. The molecule has 2 rings (SSSR count). The SMILES string of the molecule is CCNC(CSc1ccccc1)Cc1ccccc1Cl. The zero-order valence-electron chi connectivity index (χ0n) is 11.7. The summed E-state index contributed by atoms with van der Waals surface area (Å²) in [4.78, 5) is 1.31. The molecular formula is C17H20ClNS. The summed E-state index contributed by atoms with van der Waals surface area (Å²) >= 11 is 8.14. The molecule has 0 saturated heterocycles. The van der Waals surface area contributed by atoms with E-state index in [0.29, 0.717) is 6.04 Å². The second-order valence-electron chi connectivity index (χ2n) is 4.67. The number of likely N-dealkylation sites (N-methyl/N-ethyl adjacent to an activating group) is 1. The van der Waals surface area contributed by atoms with Gasteiger partial charge in [0, 0.05) is 21.7 Å². The van der Waals surface area contributed by atoms with Crippen molar-refractivity contribution in [3.63, 3.8) is 0 Å². The van der Waals surface area contributed by atoms with Crippen molar-refractivity contribution >= 4 is 23.4 Å². The maximum Gasteiger partial charge on any atom is 0.0438 e. The molecule has 106 valence electrons. The molecule has 1 N–H and O–H groups in total. The van der Waals surface area contributed by atoms with Crippen molar-refractivity contribution in [2.24, 2.45) is 0 Å². The van der Waals surface area contributed by atoms with Gasteiger partial charge in [0.1, 0.15) is 0 Å². The molecule has 0 fully saturated rings. The summed E-state index contributed by atoms with van der Waals surface area (Å²) in [7, 11) is 0. The van der Waals surface area contributed by atoms with Crippen LogP contribution in [0.3, 0.4) is 0 Å². The van der Waals surface area contributed by atoms with Crippen LogP contribution < -0.4 is 5.32 Å². The maximum atomic E-state index is 6.25. The molecular weight excluding hydrogens is 286 g/mol. The second kappa shape index (κ2) is 8.35. The van der Waals surface area contributed by atoms with Crippen molar-refractivity contribution in [3.05, 3.63) is 65.2 Å². The van der Waals surface area contributed by atoms with E-state index >= 15 is 0 Å². The van der Waals surface area contributed by atoms with Gasteiger partial charge in [0.2, 0.25) is 0 Å². The van der Waals surface area contributed by atoms with E-state index in [1.54, 1.807) is 0 Å². The molecule has 0 aliphatic rings. The zero-order valence-corrected chi connectivity index (χ0v) is 13.3. The van der Waals surface area contributed by atoms with Gasteiger partial charge in [-0.15, -0.1) is 11.8 Å². The first kappa shape index (κ1) is 15.4. The molecule has 0 aliphatic carbocycles. The van der Waals surface area contributed by atoms with Gasteiger partial charge >= 0.3 is 0 Å². The predicted octanol–water partition coefficient (Wildman–Crippen LogP) is 4.65. The lowest BCUT2D eigenvalue weighted by molar-refractivity contribution is 0.573. The largest absolute Gasteiger partial charge is 0.313 e. The van der Waals surface area contributed by atoms with Crippen LogP contribution >= 0.6 is 23.4 Å². The number of nitrogens with one attached hydrogen (secondary N) is 1. The summed E-state index contributed by atoms with van der Waals surface area (Å²) in [6, 6.07) is 19.1. The molecule has 1 unspecified atom stereocenters. The van der Waals surface area contributed by atoms with Crippen molar-refractivity contribution in [3.8, 4) is 0 Å². The molecule has 1 nitrogen and oxygen atoms in total. The number of thioether (sulfide) groups is 1. The molecule has 0 spiro atoms. The number of rotatable bonds is 7. The van der Waals surface area contributed by atoms with Crippen molar-refractivity contribution in [2.75, 3.05) is 12.3 Å². The van der Waals surface area contributed by atoms with Crippen LogP contribution in [0.2, 0.25) is 5.02 Å². The minimum absolute atomic E-state index is 0.435. The molecule has 2 aromatic carbocycles. The van der Waals surface area contributed by atoms with Gasteiger partial charge in [0.05, 0.1) is 0 Å². The average Bonchev–Trinajstić information content (AvgIpc) is 2.48. The standard InChI is InChI=1S/C17H20ClNS/c1-2-19-15(12-14-8-6-7-11-17(14)18)13-20-16-9-4-3-5-10-16/h3-11,15,19H,2,12-13H2,1H3. The average molecular weight is 306 g/mol. The fraction of sp³-hybridized carbons (Fsp3) is 0.294. The first-order chi connectivity index (χ1) is 9.79. The topological polar surface area (TPSA) is 12.0 Å². The summed E-state index contributed by atoms with van der Waals surface area (Å²) in [6.07, 6.45) is 0.966. The smallest absolute Gasteiger partial charge is 0.0438 e. The highest BCUT2D eigenvalue weighted by molar-refractivity contribution is 7.99. The Bertz CT molecular complexity index is 515. The van der Waals surface area contributed by atoms with E-state index in [-0.39, 0.29) is 0 Å². The Balaban J connectivity index is 1.95. The highest BCUT2D eigenvalue weighted by Crippen LogP contribution is 2.21. The molecule has 0 radical (unpaired) electrons. The van der Waals surface area contributed by atoms with Gasteiger partial charge in [-0.05, 0) is 36.7 Å². The summed E-state index contributed by atoms with van der Waals surface area (Å²) in [5.74, 6) is 1.04. The second-order valence-corrected chi connectivity index (χ2v) is 6.17. The van der Waals surface area contributed by atoms with Gasteiger partial charge in [-0.25, -0.2) is 0 Å². The number of hydrogen-bond acceptors (Lipinski definition) is 2. The summed E-state index contributed by atoms with van der Waals surface area (Å²) < 4.78 is 0. The van der Waals surface area contributed by atoms with Crippen LogP contribution in [0.5, 0.6) is 0 Å². The van der Waals surface area contributed by atoms with Crippen molar-refractivity contribution in [2.45, 2.75) is 24.3 Å². The minimum Gasteiger partial charge on any atom is -0.313 e. The molecule has 2 aromatic rings. The molecule has 0 aromatic heterocycles.